The van der Waals surface area contributed by atoms with E-state index in [4.69, 9.17) is 9.66 Å². The molecule has 2 rings (SSSR count). The molecule has 0 unspecified atom stereocenters. The van der Waals surface area contributed by atoms with E-state index in [1.807, 2.05) is 31.2 Å². The van der Waals surface area contributed by atoms with Crippen molar-refractivity contribution >= 4 is 10.0 Å². The van der Waals surface area contributed by atoms with Crippen molar-refractivity contribution < 1.29 is 12.9 Å². The smallest absolute Gasteiger partial charge is 0.216 e. The summed E-state index contributed by atoms with van der Waals surface area (Å²) in [6, 6.07) is 9.27. The molecule has 2 aromatic rings. The van der Waals surface area contributed by atoms with Crippen LogP contribution in [0.4, 0.5) is 0 Å². The van der Waals surface area contributed by atoms with Gasteiger partial charge in [0.15, 0.2) is 5.76 Å². The van der Waals surface area contributed by atoms with Crippen molar-refractivity contribution in [2.24, 2.45) is 5.14 Å². The molecule has 0 aliphatic rings. The van der Waals surface area contributed by atoms with Crippen LogP contribution in [0.3, 0.4) is 0 Å². The molecule has 0 aliphatic carbocycles. The number of hydrogen-bond acceptors (Lipinski definition) is 4. The second kappa shape index (κ2) is 4.31. The van der Waals surface area contributed by atoms with Crippen LogP contribution >= 0.6 is 0 Å². The fraction of sp³-hybridized carbons (Fsp3) is 0.182. The van der Waals surface area contributed by atoms with Crippen molar-refractivity contribution in [2.75, 3.05) is 0 Å². The van der Waals surface area contributed by atoms with E-state index < -0.39 is 10.0 Å². The van der Waals surface area contributed by atoms with Crippen LogP contribution in [-0.4, -0.2) is 13.6 Å². The van der Waals surface area contributed by atoms with Crippen molar-refractivity contribution in [1.29, 1.82) is 0 Å². The van der Waals surface area contributed by atoms with Crippen LogP contribution in [0.25, 0.3) is 11.3 Å². The van der Waals surface area contributed by atoms with Gasteiger partial charge in [0.05, 0.1) is 0 Å². The zero-order valence-electron chi connectivity index (χ0n) is 9.25. The van der Waals surface area contributed by atoms with Crippen LogP contribution in [0.5, 0.6) is 0 Å². The average molecular weight is 252 g/mol. The fourth-order valence-electron chi connectivity index (χ4n) is 1.44. The van der Waals surface area contributed by atoms with E-state index >= 15 is 0 Å². The molecule has 0 aliphatic heterocycles. The highest BCUT2D eigenvalue weighted by atomic mass is 32.2. The maximum Gasteiger partial charge on any atom is 0.216 e. The summed E-state index contributed by atoms with van der Waals surface area (Å²) in [5.41, 5.74) is 2.62. The lowest BCUT2D eigenvalue weighted by molar-refractivity contribution is 0.395. The lowest BCUT2D eigenvalue weighted by atomic mass is 10.1. The molecule has 0 spiro atoms. The monoisotopic (exact) mass is 252 g/mol. The minimum Gasteiger partial charge on any atom is -0.360 e. The summed E-state index contributed by atoms with van der Waals surface area (Å²) in [4.78, 5) is 0. The van der Waals surface area contributed by atoms with Gasteiger partial charge < -0.3 is 4.52 Å². The molecule has 0 amide bonds. The van der Waals surface area contributed by atoms with Crippen LogP contribution < -0.4 is 5.14 Å². The highest BCUT2D eigenvalue weighted by molar-refractivity contribution is 7.88. The summed E-state index contributed by atoms with van der Waals surface area (Å²) < 4.78 is 26.7. The highest BCUT2D eigenvalue weighted by Crippen LogP contribution is 2.20. The Hall–Kier alpha value is -1.66. The predicted molar refractivity (Wildman–Crippen MR) is 63.5 cm³/mol. The second-order valence-electron chi connectivity index (χ2n) is 3.85. The second-order valence-corrected chi connectivity index (χ2v) is 5.47. The predicted octanol–water partition coefficient (Wildman–Crippen LogP) is 1.44. The van der Waals surface area contributed by atoms with Gasteiger partial charge in [0.1, 0.15) is 11.4 Å². The first kappa shape index (κ1) is 11.8. The number of nitrogens with zero attached hydrogens (tertiary/aromatic N) is 1. The van der Waals surface area contributed by atoms with Crippen LogP contribution in [0, 0.1) is 6.92 Å². The SMILES string of the molecule is Cc1ccc(-c2cc(CS(N)(=O)=O)on2)cc1. The van der Waals surface area contributed by atoms with Gasteiger partial charge in [0.2, 0.25) is 10.0 Å². The molecule has 0 saturated heterocycles. The van der Waals surface area contributed by atoms with Gasteiger partial charge in [-0.2, -0.15) is 0 Å². The van der Waals surface area contributed by atoms with Crippen molar-refractivity contribution in [3.8, 4) is 11.3 Å². The molecular formula is C11H12N2O3S. The number of rotatable bonds is 3. The minimum atomic E-state index is -3.59. The van der Waals surface area contributed by atoms with Crippen molar-refractivity contribution in [3.63, 3.8) is 0 Å². The Morgan fingerprint density at radius 2 is 1.94 bits per heavy atom. The van der Waals surface area contributed by atoms with E-state index in [1.165, 1.54) is 0 Å². The average Bonchev–Trinajstić information content (AvgIpc) is 2.64. The highest BCUT2D eigenvalue weighted by Gasteiger charge is 2.11. The standard InChI is InChI=1S/C11H12N2O3S/c1-8-2-4-9(5-3-8)11-6-10(16-13-11)7-17(12,14)15/h2-6H,7H2,1H3,(H2,12,14,15). The maximum atomic E-state index is 10.9. The summed E-state index contributed by atoms with van der Waals surface area (Å²) in [6.07, 6.45) is 0. The molecule has 6 heteroatoms. The number of aryl methyl sites for hydroxylation is 1. The zero-order chi connectivity index (χ0) is 12.5. The van der Waals surface area contributed by atoms with Gasteiger partial charge in [0, 0.05) is 11.6 Å². The zero-order valence-corrected chi connectivity index (χ0v) is 10.1. The van der Waals surface area contributed by atoms with Gasteiger partial charge >= 0.3 is 0 Å². The Bertz CT molecular complexity index is 614. The summed E-state index contributed by atoms with van der Waals surface area (Å²) in [7, 11) is -3.59. The van der Waals surface area contributed by atoms with Gasteiger partial charge in [-0.15, -0.1) is 0 Å². The molecule has 1 aromatic carbocycles. The molecule has 0 radical (unpaired) electrons. The number of benzene rings is 1. The Balaban J connectivity index is 2.27. The molecule has 1 heterocycles. The Morgan fingerprint density at radius 3 is 2.53 bits per heavy atom. The van der Waals surface area contributed by atoms with Crippen LogP contribution in [0.2, 0.25) is 0 Å². The first-order chi connectivity index (χ1) is 7.94. The van der Waals surface area contributed by atoms with Crippen molar-refractivity contribution in [2.45, 2.75) is 12.7 Å². The largest absolute Gasteiger partial charge is 0.360 e. The van der Waals surface area contributed by atoms with Gasteiger partial charge in [-0.1, -0.05) is 35.0 Å². The third kappa shape index (κ3) is 3.15. The van der Waals surface area contributed by atoms with E-state index in [2.05, 4.69) is 5.16 Å². The molecule has 90 valence electrons. The van der Waals surface area contributed by atoms with E-state index in [0.29, 0.717) is 5.69 Å². The van der Waals surface area contributed by atoms with Crippen molar-refractivity contribution in [1.82, 2.24) is 5.16 Å². The van der Waals surface area contributed by atoms with Gasteiger partial charge in [-0.05, 0) is 6.92 Å². The number of primary sulfonamides is 1. The lowest BCUT2D eigenvalue weighted by Gasteiger charge is -1.95. The topological polar surface area (TPSA) is 86.2 Å². The fourth-order valence-corrected chi connectivity index (χ4v) is 1.97. The van der Waals surface area contributed by atoms with Gasteiger partial charge in [-0.25, -0.2) is 13.6 Å². The molecular weight excluding hydrogens is 240 g/mol. The summed E-state index contributed by atoms with van der Waals surface area (Å²) in [5.74, 6) is -0.102. The third-order valence-electron chi connectivity index (χ3n) is 2.25. The molecule has 0 bridgehead atoms. The summed E-state index contributed by atoms with van der Waals surface area (Å²) in [6.45, 7) is 1.99. The van der Waals surface area contributed by atoms with Crippen LogP contribution in [0.1, 0.15) is 11.3 Å². The van der Waals surface area contributed by atoms with E-state index in [9.17, 15) is 8.42 Å². The lowest BCUT2D eigenvalue weighted by Crippen LogP contribution is -2.13. The first-order valence-electron chi connectivity index (χ1n) is 4.97. The van der Waals surface area contributed by atoms with E-state index in [-0.39, 0.29) is 11.5 Å². The molecule has 0 saturated carbocycles. The molecule has 0 atom stereocenters. The number of sulfonamides is 1. The van der Waals surface area contributed by atoms with Gasteiger partial charge in [0.25, 0.3) is 0 Å². The number of hydrogen-bond donors (Lipinski definition) is 1. The quantitative estimate of drug-likeness (QED) is 0.895. The maximum absolute atomic E-state index is 10.9. The molecule has 0 fully saturated rings. The van der Waals surface area contributed by atoms with Gasteiger partial charge in [-0.3, -0.25) is 0 Å². The Labute approximate surface area is 99.3 Å². The Kier molecular flexibility index (Phi) is 2.99. The molecule has 1 aromatic heterocycles. The van der Waals surface area contributed by atoms with Crippen molar-refractivity contribution in [3.05, 3.63) is 41.7 Å². The molecule has 2 N–H and O–H groups in total. The molecule has 5 nitrogen and oxygen atoms in total. The van der Waals surface area contributed by atoms with Crippen LogP contribution in [-0.2, 0) is 15.8 Å². The van der Waals surface area contributed by atoms with E-state index in [1.54, 1.807) is 6.07 Å². The first-order valence-corrected chi connectivity index (χ1v) is 6.69. The minimum absolute atomic E-state index is 0.239. The summed E-state index contributed by atoms with van der Waals surface area (Å²) in [5, 5.41) is 8.73. The third-order valence-corrected chi connectivity index (χ3v) is 2.94. The number of aromatic nitrogens is 1. The van der Waals surface area contributed by atoms with Crippen LogP contribution in [0.15, 0.2) is 34.9 Å². The van der Waals surface area contributed by atoms with E-state index in [0.717, 1.165) is 11.1 Å². The molecule has 17 heavy (non-hydrogen) atoms. The number of nitrogens with two attached hydrogens (primary N) is 1. The Morgan fingerprint density at radius 1 is 1.29 bits per heavy atom. The summed E-state index contributed by atoms with van der Waals surface area (Å²) >= 11 is 0. The normalized spacial score (nSPS) is 11.6.